The van der Waals surface area contributed by atoms with Gasteiger partial charge in [0.25, 0.3) is 15.7 Å². The Labute approximate surface area is 169 Å². The zero-order chi connectivity index (χ0) is 20.4. The van der Waals surface area contributed by atoms with Crippen LogP contribution in [0.2, 0.25) is 15.1 Å². The van der Waals surface area contributed by atoms with Crippen molar-refractivity contribution in [2.45, 2.75) is 11.3 Å². The summed E-state index contributed by atoms with van der Waals surface area (Å²) in [6.07, 6.45) is -0.537. The zero-order valence-corrected chi connectivity index (χ0v) is 16.4. The average Bonchev–Trinajstić information content (AvgIpc) is 2.59. The van der Waals surface area contributed by atoms with E-state index < -0.39 is 44.5 Å². The molecular weight excluding hydrogens is 443 g/mol. The number of aliphatic carboxylic acids is 1. The Morgan fingerprint density at radius 1 is 1.11 bits per heavy atom. The minimum atomic E-state index is -4.38. The first kappa shape index (κ1) is 21.2. The summed E-state index contributed by atoms with van der Waals surface area (Å²) in [4.78, 5) is 20.8. The number of nitro benzene ring substituents is 1. The predicted octanol–water partition coefficient (Wildman–Crippen LogP) is 4.23. The van der Waals surface area contributed by atoms with Crippen LogP contribution in [0.25, 0.3) is 0 Å². The van der Waals surface area contributed by atoms with Gasteiger partial charge in [0, 0.05) is 18.7 Å². The molecule has 1 N–H and O–H groups in total. The lowest BCUT2D eigenvalue weighted by Crippen LogP contribution is -2.33. The molecule has 0 aliphatic carbocycles. The highest BCUT2D eigenvalue weighted by molar-refractivity contribution is 7.92. The molecule has 0 heterocycles. The highest BCUT2D eigenvalue weighted by Crippen LogP contribution is 2.37. The molecule has 0 saturated carbocycles. The fourth-order valence-corrected chi connectivity index (χ4v) is 4.36. The maximum Gasteiger partial charge on any atom is 0.305 e. The SMILES string of the molecule is O=C(O)CCN(c1cc(Cl)c(Cl)cc1Cl)S(=O)(=O)c1cccc([N+](=O)[O-])c1. The van der Waals surface area contributed by atoms with Gasteiger partial charge in [0.2, 0.25) is 0 Å². The van der Waals surface area contributed by atoms with Crippen LogP contribution in [-0.2, 0) is 14.8 Å². The van der Waals surface area contributed by atoms with Crippen LogP contribution in [0.15, 0.2) is 41.3 Å². The predicted molar refractivity (Wildman–Crippen MR) is 101 cm³/mol. The van der Waals surface area contributed by atoms with Crippen molar-refractivity contribution in [2.24, 2.45) is 0 Å². The molecule has 0 spiro atoms. The van der Waals surface area contributed by atoms with E-state index in [1.54, 1.807) is 0 Å². The third-order valence-corrected chi connectivity index (χ3v) is 6.24. The van der Waals surface area contributed by atoms with Crippen molar-refractivity contribution in [3.8, 4) is 0 Å². The molecule has 2 aromatic carbocycles. The number of nitrogens with zero attached hydrogens (tertiary/aromatic N) is 2. The lowest BCUT2D eigenvalue weighted by Gasteiger charge is -2.25. The number of non-ortho nitro benzene ring substituents is 1. The molecule has 144 valence electrons. The van der Waals surface area contributed by atoms with Crippen LogP contribution < -0.4 is 4.31 Å². The molecule has 0 saturated heterocycles. The lowest BCUT2D eigenvalue weighted by atomic mass is 10.3. The van der Waals surface area contributed by atoms with Crippen LogP contribution in [0, 0.1) is 10.1 Å². The van der Waals surface area contributed by atoms with Gasteiger partial charge in [-0.05, 0) is 18.2 Å². The van der Waals surface area contributed by atoms with E-state index in [-0.39, 0.29) is 20.8 Å². The average molecular weight is 454 g/mol. The van der Waals surface area contributed by atoms with E-state index in [4.69, 9.17) is 39.9 Å². The molecular formula is C15H11Cl3N2O6S. The van der Waals surface area contributed by atoms with E-state index in [1.807, 2.05) is 0 Å². The standard InChI is InChI=1S/C15H11Cl3N2O6S/c16-11-7-13(18)14(8-12(11)17)19(5-4-15(21)22)27(25,26)10-3-1-2-9(6-10)20(23)24/h1-3,6-8H,4-5H2,(H,21,22). The highest BCUT2D eigenvalue weighted by atomic mass is 35.5. The van der Waals surface area contributed by atoms with Crippen LogP contribution in [0.1, 0.15) is 6.42 Å². The molecule has 0 aliphatic rings. The van der Waals surface area contributed by atoms with Crippen molar-refractivity contribution in [2.75, 3.05) is 10.8 Å². The number of rotatable bonds is 7. The molecule has 0 fully saturated rings. The fraction of sp³-hybridized carbons (Fsp3) is 0.133. The normalized spacial score (nSPS) is 11.2. The number of nitro groups is 1. The maximum atomic E-state index is 13.0. The molecule has 0 aromatic heterocycles. The third-order valence-electron chi connectivity index (χ3n) is 3.40. The van der Waals surface area contributed by atoms with Crippen molar-refractivity contribution in [3.63, 3.8) is 0 Å². The summed E-state index contributed by atoms with van der Waals surface area (Å²) in [5.74, 6) is -1.24. The molecule has 27 heavy (non-hydrogen) atoms. The first-order valence-corrected chi connectivity index (χ1v) is 9.75. The van der Waals surface area contributed by atoms with E-state index in [0.29, 0.717) is 0 Å². The number of benzene rings is 2. The Bertz CT molecular complexity index is 1010. The van der Waals surface area contributed by atoms with Crippen LogP contribution in [0.3, 0.4) is 0 Å². The maximum absolute atomic E-state index is 13.0. The Balaban J connectivity index is 2.63. The van der Waals surface area contributed by atoms with Crippen LogP contribution >= 0.6 is 34.8 Å². The van der Waals surface area contributed by atoms with Gasteiger partial charge >= 0.3 is 5.97 Å². The molecule has 12 heteroatoms. The highest BCUT2D eigenvalue weighted by Gasteiger charge is 2.29. The molecule has 2 aromatic rings. The second-order valence-electron chi connectivity index (χ2n) is 5.19. The van der Waals surface area contributed by atoms with Gasteiger partial charge in [-0.1, -0.05) is 40.9 Å². The molecule has 0 amide bonds. The molecule has 0 radical (unpaired) electrons. The second-order valence-corrected chi connectivity index (χ2v) is 8.28. The van der Waals surface area contributed by atoms with Gasteiger partial charge in [0.05, 0.1) is 37.0 Å². The summed E-state index contributed by atoms with van der Waals surface area (Å²) in [6.45, 7) is -0.474. The van der Waals surface area contributed by atoms with E-state index >= 15 is 0 Å². The summed E-state index contributed by atoms with van der Waals surface area (Å²) in [5, 5.41) is 19.9. The van der Waals surface area contributed by atoms with Gasteiger partial charge in [0.1, 0.15) is 0 Å². The summed E-state index contributed by atoms with van der Waals surface area (Å²) < 4.78 is 26.8. The van der Waals surface area contributed by atoms with E-state index in [9.17, 15) is 23.3 Å². The molecule has 0 bridgehead atoms. The Kier molecular flexibility index (Phi) is 6.53. The van der Waals surface area contributed by atoms with Gasteiger partial charge in [0.15, 0.2) is 0 Å². The first-order valence-electron chi connectivity index (χ1n) is 7.17. The van der Waals surface area contributed by atoms with E-state index in [1.165, 1.54) is 18.2 Å². The van der Waals surface area contributed by atoms with Gasteiger partial charge < -0.3 is 5.11 Å². The lowest BCUT2D eigenvalue weighted by molar-refractivity contribution is -0.385. The number of hydrogen-bond acceptors (Lipinski definition) is 5. The van der Waals surface area contributed by atoms with Crippen molar-refractivity contribution < 1.29 is 23.2 Å². The smallest absolute Gasteiger partial charge is 0.305 e. The number of anilines is 1. The summed E-state index contributed by atoms with van der Waals surface area (Å²) in [7, 11) is -4.38. The molecule has 0 aliphatic heterocycles. The Morgan fingerprint density at radius 3 is 2.33 bits per heavy atom. The van der Waals surface area contributed by atoms with Crippen molar-refractivity contribution >= 4 is 62.2 Å². The number of carboxylic acids is 1. The van der Waals surface area contributed by atoms with Gasteiger partial charge in [-0.25, -0.2) is 8.42 Å². The topological polar surface area (TPSA) is 118 Å². The number of carbonyl (C=O) groups is 1. The van der Waals surface area contributed by atoms with E-state index in [0.717, 1.165) is 22.5 Å². The monoisotopic (exact) mass is 452 g/mol. The minimum Gasteiger partial charge on any atom is -0.481 e. The quantitative estimate of drug-likeness (QED) is 0.381. The zero-order valence-electron chi connectivity index (χ0n) is 13.3. The Morgan fingerprint density at radius 2 is 1.74 bits per heavy atom. The van der Waals surface area contributed by atoms with Crippen LogP contribution in [0.5, 0.6) is 0 Å². The minimum absolute atomic E-state index is 0.00522. The van der Waals surface area contributed by atoms with E-state index in [2.05, 4.69) is 0 Å². The molecule has 8 nitrogen and oxygen atoms in total. The number of hydrogen-bond donors (Lipinski definition) is 1. The second kappa shape index (κ2) is 8.30. The van der Waals surface area contributed by atoms with Crippen LogP contribution in [0.4, 0.5) is 11.4 Å². The first-order chi connectivity index (χ1) is 12.5. The van der Waals surface area contributed by atoms with Crippen LogP contribution in [-0.4, -0.2) is 31.0 Å². The number of sulfonamides is 1. The summed E-state index contributed by atoms with van der Waals surface area (Å²) in [5.41, 5.74) is -0.534. The molecule has 2 rings (SSSR count). The number of carboxylic acid groups (broad SMARTS) is 1. The number of halogens is 3. The fourth-order valence-electron chi connectivity index (χ4n) is 2.16. The largest absolute Gasteiger partial charge is 0.481 e. The third kappa shape index (κ3) is 4.81. The summed E-state index contributed by atoms with van der Waals surface area (Å²) >= 11 is 17.9. The summed E-state index contributed by atoms with van der Waals surface area (Å²) in [6, 6.07) is 6.76. The van der Waals surface area contributed by atoms with Gasteiger partial charge in [-0.2, -0.15) is 0 Å². The van der Waals surface area contributed by atoms with Gasteiger partial charge in [-0.3, -0.25) is 19.2 Å². The molecule has 0 atom stereocenters. The molecule has 0 unspecified atom stereocenters. The Hall–Kier alpha value is -2.07. The van der Waals surface area contributed by atoms with Crippen molar-refractivity contribution in [1.29, 1.82) is 0 Å². The van der Waals surface area contributed by atoms with Gasteiger partial charge in [-0.15, -0.1) is 0 Å². The van der Waals surface area contributed by atoms with Crippen molar-refractivity contribution in [3.05, 3.63) is 61.6 Å². The van der Waals surface area contributed by atoms with Crippen molar-refractivity contribution in [1.82, 2.24) is 0 Å².